The molecule has 0 saturated carbocycles. The zero-order chi connectivity index (χ0) is 15.6. The van der Waals surface area contributed by atoms with E-state index in [0.717, 1.165) is 23.1 Å². The van der Waals surface area contributed by atoms with Gasteiger partial charge >= 0.3 is 0 Å². The lowest BCUT2D eigenvalue weighted by atomic mass is 10.0. The molecule has 3 nitrogen and oxygen atoms in total. The molecule has 2 rings (SSSR count). The summed E-state index contributed by atoms with van der Waals surface area (Å²) < 4.78 is 0. The van der Waals surface area contributed by atoms with Gasteiger partial charge in [0.1, 0.15) is 5.82 Å². The number of hydrogen-bond acceptors (Lipinski definition) is 3. The van der Waals surface area contributed by atoms with E-state index in [-0.39, 0.29) is 5.54 Å². The highest BCUT2D eigenvalue weighted by Gasteiger charge is 2.28. The Morgan fingerprint density at radius 1 is 1.38 bits per heavy atom. The maximum Gasteiger partial charge on any atom is 0.129 e. The number of nitrogens with one attached hydrogen (secondary N) is 1. The highest BCUT2D eigenvalue weighted by molar-refractivity contribution is 6.31. The number of halogens is 1. The van der Waals surface area contributed by atoms with Crippen LogP contribution in [0.5, 0.6) is 0 Å². The third-order valence-corrected chi connectivity index (χ3v) is 4.40. The monoisotopic (exact) mass is 309 g/mol. The summed E-state index contributed by atoms with van der Waals surface area (Å²) in [6.45, 7) is 12.8. The van der Waals surface area contributed by atoms with Crippen LogP contribution in [0.2, 0.25) is 5.02 Å². The zero-order valence-corrected chi connectivity index (χ0v) is 14.7. The normalized spacial score (nSPS) is 19.6. The molecule has 1 unspecified atom stereocenters. The van der Waals surface area contributed by atoms with Crippen molar-refractivity contribution in [3.05, 3.63) is 22.8 Å². The van der Waals surface area contributed by atoms with E-state index in [9.17, 15) is 0 Å². The second-order valence-corrected chi connectivity index (χ2v) is 7.76. The molecule has 0 radical (unpaired) electrons. The van der Waals surface area contributed by atoms with Crippen LogP contribution in [-0.2, 0) is 6.54 Å². The van der Waals surface area contributed by atoms with Crippen molar-refractivity contribution < 1.29 is 0 Å². The Balaban J connectivity index is 2.18. The van der Waals surface area contributed by atoms with Gasteiger partial charge in [-0.3, -0.25) is 0 Å². The van der Waals surface area contributed by atoms with Crippen molar-refractivity contribution in [2.45, 2.75) is 65.6 Å². The zero-order valence-electron chi connectivity index (χ0n) is 13.9. The van der Waals surface area contributed by atoms with Gasteiger partial charge in [0.15, 0.2) is 0 Å². The Labute approximate surface area is 134 Å². The smallest absolute Gasteiger partial charge is 0.129 e. The SMILES string of the molecule is CC(C)C1CCCN1c1ccc(Cl)c(CNC(C)(C)C)n1. The van der Waals surface area contributed by atoms with E-state index in [1.54, 1.807) is 0 Å². The molecule has 1 fully saturated rings. The second-order valence-electron chi connectivity index (χ2n) is 7.35. The fraction of sp³-hybridized carbons (Fsp3) is 0.706. The van der Waals surface area contributed by atoms with Crippen LogP contribution in [0.25, 0.3) is 0 Å². The van der Waals surface area contributed by atoms with E-state index in [2.05, 4.69) is 50.9 Å². The van der Waals surface area contributed by atoms with Crippen LogP contribution in [0.4, 0.5) is 5.82 Å². The summed E-state index contributed by atoms with van der Waals surface area (Å²) in [7, 11) is 0. The fourth-order valence-corrected chi connectivity index (χ4v) is 3.05. The molecule has 1 aliphatic heterocycles. The van der Waals surface area contributed by atoms with Crippen LogP contribution in [0.15, 0.2) is 12.1 Å². The van der Waals surface area contributed by atoms with Crippen molar-refractivity contribution in [3.8, 4) is 0 Å². The first-order valence-electron chi connectivity index (χ1n) is 7.95. The van der Waals surface area contributed by atoms with Gasteiger partial charge in [-0.1, -0.05) is 25.4 Å². The molecule has 21 heavy (non-hydrogen) atoms. The first kappa shape index (κ1) is 16.6. The molecule has 0 amide bonds. The van der Waals surface area contributed by atoms with Crippen molar-refractivity contribution in [1.82, 2.24) is 10.3 Å². The van der Waals surface area contributed by atoms with Gasteiger partial charge < -0.3 is 10.2 Å². The summed E-state index contributed by atoms with van der Waals surface area (Å²) in [5.74, 6) is 1.72. The topological polar surface area (TPSA) is 28.2 Å². The standard InChI is InChI=1S/C17H28ClN3/c1-12(2)15-7-6-10-21(15)16-9-8-13(18)14(20-16)11-19-17(3,4)5/h8-9,12,15,19H,6-7,10-11H2,1-5H3. The molecule has 1 atom stereocenters. The summed E-state index contributed by atoms with van der Waals surface area (Å²) >= 11 is 6.31. The highest BCUT2D eigenvalue weighted by Crippen LogP contribution is 2.30. The number of pyridine rings is 1. The summed E-state index contributed by atoms with van der Waals surface area (Å²) in [5.41, 5.74) is 1.01. The fourth-order valence-electron chi connectivity index (χ4n) is 2.88. The van der Waals surface area contributed by atoms with Gasteiger partial charge in [0.25, 0.3) is 0 Å². The summed E-state index contributed by atoms with van der Waals surface area (Å²) in [4.78, 5) is 7.27. The predicted octanol–water partition coefficient (Wildman–Crippen LogP) is 4.25. The van der Waals surface area contributed by atoms with E-state index >= 15 is 0 Å². The van der Waals surface area contributed by atoms with E-state index < -0.39 is 0 Å². The lowest BCUT2D eigenvalue weighted by molar-refractivity contribution is 0.421. The second kappa shape index (κ2) is 6.53. The molecule has 0 aliphatic carbocycles. The summed E-state index contributed by atoms with van der Waals surface area (Å²) in [6, 6.07) is 4.64. The van der Waals surface area contributed by atoms with Gasteiger partial charge in [-0.15, -0.1) is 0 Å². The van der Waals surface area contributed by atoms with Crippen LogP contribution in [0.1, 0.15) is 53.2 Å². The Hall–Kier alpha value is -0.800. The Morgan fingerprint density at radius 3 is 2.71 bits per heavy atom. The number of rotatable bonds is 4. The van der Waals surface area contributed by atoms with Crippen molar-refractivity contribution in [3.63, 3.8) is 0 Å². The summed E-state index contributed by atoms with van der Waals surface area (Å²) in [5, 5.41) is 4.21. The Bertz CT molecular complexity index is 479. The molecule has 1 saturated heterocycles. The van der Waals surface area contributed by atoms with Gasteiger partial charge in [-0.25, -0.2) is 4.98 Å². The molecule has 0 spiro atoms. The molecule has 1 N–H and O–H groups in total. The van der Waals surface area contributed by atoms with Crippen molar-refractivity contribution in [2.75, 3.05) is 11.4 Å². The number of aromatic nitrogens is 1. The maximum absolute atomic E-state index is 6.31. The molecule has 0 aromatic carbocycles. The van der Waals surface area contributed by atoms with E-state index in [4.69, 9.17) is 16.6 Å². The minimum Gasteiger partial charge on any atom is -0.353 e. The maximum atomic E-state index is 6.31. The minimum absolute atomic E-state index is 0.0646. The van der Waals surface area contributed by atoms with E-state index in [1.807, 2.05) is 6.07 Å². The van der Waals surface area contributed by atoms with E-state index in [1.165, 1.54) is 12.8 Å². The average Bonchev–Trinajstić information content (AvgIpc) is 2.86. The van der Waals surface area contributed by atoms with Crippen LogP contribution < -0.4 is 10.2 Å². The quantitative estimate of drug-likeness (QED) is 0.901. The molecular weight excluding hydrogens is 282 g/mol. The Kier molecular flexibility index (Phi) is 5.15. The van der Waals surface area contributed by atoms with Gasteiger partial charge in [0.2, 0.25) is 0 Å². The van der Waals surface area contributed by atoms with Gasteiger partial charge in [-0.05, 0) is 51.7 Å². The first-order chi connectivity index (χ1) is 9.78. The molecule has 1 aromatic heterocycles. The summed E-state index contributed by atoms with van der Waals surface area (Å²) in [6.07, 6.45) is 2.51. The third kappa shape index (κ3) is 4.33. The van der Waals surface area contributed by atoms with Crippen LogP contribution >= 0.6 is 11.6 Å². The number of hydrogen-bond donors (Lipinski definition) is 1. The molecule has 4 heteroatoms. The highest BCUT2D eigenvalue weighted by atomic mass is 35.5. The predicted molar refractivity (Wildman–Crippen MR) is 91.0 cm³/mol. The molecule has 2 heterocycles. The van der Waals surface area contributed by atoms with Crippen molar-refractivity contribution >= 4 is 17.4 Å². The van der Waals surface area contributed by atoms with Crippen molar-refractivity contribution in [2.24, 2.45) is 5.92 Å². The molecular formula is C17H28ClN3. The van der Waals surface area contributed by atoms with Gasteiger partial charge in [-0.2, -0.15) is 0 Å². The van der Waals surface area contributed by atoms with Gasteiger partial charge in [0.05, 0.1) is 10.7 Å². The largest absolute Gasteiger partial charge is 0.353 e. The molecule has 1 aromatic rings. The van der Waals surface area contributed by atoms with Crippen LogP contribution in [-0.4, -0.2) is 23.1 Å². The number of nitrogens with zero attached hydrogens (tertiary/aromatic N) is 2. The lowest BCUT2D eigenvalue weighted by Gasteiger charge is -2.29. The molecule has 1 aliphatic rings. The van der Waals surface area contributed by atoms with Crippen LogP contribution in [0.3, 0.4) is 0 Å². The van der Waals surface area contributed by atoms with E-state index in [0.29, 0.717) is 18.5 Å². The molecule has 118 valence electrons. The first-order valence-corrected chi connectivity index (χ1v) is 8.33. The van der Waals surface area contributed by atoms with Crippen molar-refractivity contribution in [1.29, 1.82) is 0 Å². The Morgan fingerprint density at radius 2 is 2.10 bits per heavy atom. The number of anilines is 1. The van der Waals surface area contributed by atoms with Crippen LogP contribution in [0, 0.1) is 5.92 Å². The van der Waals surface area contributed by atoms with Gasteiger partial charge in [0, 0.05) is 24.7 Å². The lowest BCUT2D eigenvalue weighted by Crippen LogP contribution is -2.36. The third-order valence-electron chi connectivity index (χ3n) is 4.05. The average molecular weight is 310 g/mol. The minimum atomic E-state index is 0.0646. The molecule has 0 bridgehead atoms.